The van der Waals surface area contributed by atoms with Crippen molar-refractivity contribution >= 4 is 5.91 Å². The molecule has 1 fully saturated rings. The molecule has 7 nitrogen and oxygen atoms in total. The molecular formula is C4H8N2O5. The molecule has 0 aromatic rings. The molecule has 1 atom stereocenters. The summed E-state index contributed by atoms with van der Waals surface area (Å²) in [5.41, 5.74) is 0. The average Bonchev–Trinajstić information content (AvgIpc) is 2.17. The maximum Gasteiger partial charge on any atom is 0.291 e. The number of carbonyl (C=O) groups excluding carboxylic acids is 1. The molecule has 0 aromatic carbocycles. The van der Waals surface area contributed by atoms with Gasteiger partial charge in [0.05, 0.1) is 0 Å². The molecule has 1 aliphatic rings. The number of rotatable bonds is 1. The highest BCUT2D eigenvalue weighted by Gasteiger charge is 2.39. The fourth-order valence-corrected chi connectivity index (χ4v) is 0.776. The Bertz CT molecular complexity index is 172. The van der Waals surface area contributed by atoms with Gasteiger partial charge >= 0.3 is 0 Å². The lowest BCUT2D eigenvalue weighted by Crippen LogP contribution is -2.40. The van der Waals surface area contributed by atoms with Crippen LogP contribution in [0.2, 0.25) is 0 Å². The number of amides is 1. The van der Waals surface area contributed by atoms with E-state index in [2.05, 4.69) is 0 Å². The van der Waals surface area contributed by atoms with Crippen LogP contribution in [0.4, 0.5) is 0 Å². The highest BCUT2D eigenvalue weighted by atomic mass is 16.5. The lowest BCUT2D eigenvalue weighted by Gasteiger charge is -2.17. The van der Waals surface area contributed by atoms with Gasteiger partial charge < -0.3 is 15.3 Å². The summed E-state index contributed by atoms with van der Waals surface area (Å²) in [6, 6.07) is 0. The number of carbonyl (C=O) groups is 1. The maximum absolute atomic E-state index is 10.6. The molecule has 1 rings (SSSR count). The fourth-order valence-electron chi connectivity index (χ4n) is 0.776. The van der Waals surface area contributed by atoms with Crippen LogP contribution in [0.5, 0.6) is 0 Å². The van der Waals surface area contributed by atoms with Crippen LogP contribution in [0, 0.1) is 0 Å². The van der Waals surface area contributed by atoms with Gasteiger partial charge in [0.2, 0.25) is 6.41 Å². The second kappa shape index (κ2) is 2.72. The van der Waals surface area contributed by atoms with E-state index in [1.165, 1.54) is 0 Å². The molecule has 1 unspecified atom stereocenters. The van der Waals surface area contributed by atoms with E-state index in [1.54, 1.807) is 0 Å². The van der Waals surface area contributed by atoms with E-state index >= 15 is 0 Å². The predicted molar refractivity (Wildman–Crippen MR) is 29.6 cm³/mol. The topological polar surface area (TPSA) is 104 Å². The molecule has 1 heterocycles. The number of aliphatic hydroxyl groups is 3. The van der Waals surface area contributed by atoms with E-state index in [-0.39, 0.29) is 5.06 Å². The van der Waals surface area contributed by atoms with Crippen molar-refractivity contribution in [2.75, 3.05) is 6.67 Å². The van der Waals surface area contributed by atoms with Crippen molar-refractivity contribution in [2.24, 2.45) is 0 Å². The first-order valence-electron chi connectivity index (χ1n) is 2.84. The minimum atomic E-state index is -1.95. The Kier molecular flexibility index (Phi) is 2.07. The van der Waals surface area contributed by atoms with Crippen LogP contribution in [0.1, 0.15) is 0 Å². The van der Waals surface area contributed by atoms with E-state index in [0.29, 0.717) is 4.90 Å². The molecule has 4 N–H and O–H groups in total. The third-order valence-electron chi connectivity index (χ3n) is 1.38. The molecule has 64 valence electrons. The number of hydrogen-bond acceptors (Lipinski definition) is 6. The van der Waals surface area contributed by atoms with Gasteiger partial charge in [0, 0.05) is 0 Å². The first kappa shape index (κ1) is 8.37. The van der Waals surface area contributed by atoms with E-state index in [4.69, 9.17) is 20.5 Å². The monoisotopic (exact) mass is 164 g/mol. The molecule has 11 heavy (non-hydrogen) atoms. The second-order valence-corrected chi connectivity index (χ2v) is 2.11. The molecule has 0 bridgehead atoms. The SMILES string of the molecule is O=C1C(O)N(C(O)O)CN1O. The quantitative estimate of drug-likeness (QED) is 0.244. The minimum absolute atomic E-state index is 0.199. The van der Waals surface area contributed by atoms with Crippen molar-refractivity contribution < 1.29 is 25.3 Å². The van der Waals surface area contributed by atoms with Crippen LogP contribution in [0.15, 0.2) is 0 Å². The summed E-state index contributed by atoms with van der Waals surface area (Å²) in [5.74, 6) is -0.974. The zero-order valence-electron chi connectivity index (χ0n) is 5.45. The molecule has 1 aliphatic heterocycles. The third kappa shape index (κ3) is 1.32. The Balaban J connectivity index is 2.67. The Hall–Kier alpha value is -0.730. The lowest BCUT2D eigenvalue weighted by atomic mass is 10.5. The number of aliphatic hydroxyl groups excluding tert-OH is 2. The molecule has 7 heteroatoms. The van der Waals surface area contributed by atoms with Crippen molar-refractivity contribution in [3.63, 3.8) is 0 Å². The van der Waals surface area contributed by atoms with Crippen LogP contribution in [-0.2, 0) is 4.79 Å². The van der Waals surface area contributed by atoms with Crippen molar-refractivity contribution in [3.8, 4) is 0 Å². The molecule has 0 spiro atoms. The van der Waals surface area contributed by atoms with Gasteiger partial charge in [0.25, 0.3) is 5.91 Å². The van der Waals surface area contributed by atoms with E-state index in [9.17, 15) is 4.79 Å². The highest BCUT2D eigenvalue weighted by Crippen LogP contribution is 2.11. The summed E-state index contributed by atoms with van der Waals surface area (Å²) in [6.07, 6.45) is -3.63. The Labute approximate surface area is 61.6 Å². The molecule has 0 saturated carbocycles. The summed E-state index contributed by atoms with van der Waals surface area (Å²) < 4.78 is 0. The van der Waals surface area contributed by atoms with E-state index in [1.807, 2.05) is 0 Å². The summed E-state index contributed by atoms with van der Waals surface area (Å²) in [6.45, 7) is -0.419. The smallest absolute Gasteiger partial charge is 0.291 e. The van der Waals surface area contributed by atoms with Gasteiger partial charge in [0.1, 0.15) is 6.67 Å². The van der Waals surface area contributed by atoms with Crippen LogP contribution in [0.3, 0.4) is 0 Å². The van der Waals surface area contributed by atoms with Gasteiger partial charge in [-0.2, -0.15) is 0 Å². The summed E-state index contributed by atoms with van der Waals surface area (Å²) in [4.78, 5) is 11.2. The van der Waals surface area contributed by atoms with Gasteiger partial charge in [-0.3, -0.25) is 10.0 Å². The van der Waals surface area contributed by atoms with Gasteiger partial charge in [-0.05, 0) is 0 Å². The average molecular weight is 164 g/mol. The van der Waals surface area contributed by atoms with Gasteiger partial charge in [0.15, 0.2) is 6.23 Å². The zero-order valence-corrected chi connectivity index (χ0v) is 5.45. The Morgan fingerprint density at radius 2 is 2.09 bits per heavy atom. The van der Waals surface area contributed by atoms with Crippen LogP contribution in [0.25, 0.3) is 0 Å². The second-order valence-electron chi connectivity index (χ2n) is 2.11. The van der Waals surface area contributed by atoms with Crippen LogP contribution < -0.4 is 0 Å². The van der Waals surface area contributed by atoms with Crippen LogP contribution in [-0.4, -0.2) is 55.7 Å². The van der Waals surface area contributed by atoms with Crippen molar-refractivity contribution in [3.05, 3.63) is 0 Å². The van der Waals surface area contributed by atoms with Gasteiger partial charge in [-0.15, -0.1) is 0 Å². The number of hydrogen-bond donors (Lipinski definition) is 4. The molecule has 0 aromatic heterocycles. The zero-order chi connectivity index (χ0) is 8.59. The first-order valence-corrected chi connectivity index (χ1v) is 2.84. The van der Waals surface area contributed by atoms with E-state index < -0.39 is 25.2 Å². The minimum Gasteiger partial charge on any atom is -0.369 e. The highest BCUT2D eigenvalue weighted by molar-refractivity contribution is 5.80. The van der Waals surface area contributed by atoms with Gasteiger partial charge in [-0.25, -0.2) is 9.96 Å². The van der Waals surface area contributed by atoms with Crippen molar-refractivity contribution in [1.82, 2.24) is 9.96 Å². The predicted octanol–water partition coefficient (Wildman–Crippen LogP) is -2.94. The molecule has 1 amide bonds. The number of hydroxylamine groups is 2. The standard InChI is InChI=1S/C4H8N2O5/c7-2-3(8)6(11)1-5(2)4(9)10/h2,4,7,9-11H,1H2. The molecule has 0 aliphatic carbocycles. The van der Waals surface area contributed by atoms with Gasteiger partial charge in [-0.1, -0.05) is 0 Å². The van der Waals surface area contributed by atoms with Crippen molar-refractivity contribution in [1.29, 1.82) is 0 Å². The normalized spacial score (nSPS) is 27.2. The molecular weight excluding hydrogens is 156 g/mol. The van der Waals surface area contributed by atoms with E-state index in [0.717, 1.165) is 0 Å². The fraction of sp³-hybridized carbons (Fsp3) is 0.750. The molecule has 0 radical (unpaired) electrons. The lowest BCUT2D eigenvalue weighted by molar-refractivity contribution is -0.198. The largest absolute Gasteiger partial charge is 0.369 e. The Morgan fingerprint density at radius 3 is 2.27 bits per heavy atom. The summed E-state index contributed by atoms with van der Waals surface area (Å²) in [7, 11) is 0. The van der Waals surface area contributed by atoms with Crippen LogP contribution >= 0.6 is 0 Å². The maximum atomic E-state index is 10.6. The third-order valence-corrected chi connectivity index (χ3v) is 1.38. The number of nitrogens with zero attached hydrogens (tertiary/aromatic N) is 2. The van der Waals surface area contributed by atoms with Crippen molar-refractivity contribution in [2.45, 2.75) is 12.6 Å². The Morgan fingerprint density at radius 1 is 1.55 bits per heavy atom. The summed E-state index contributed by atoms with van der Waals surface area (Å²) >= 11 is 0. The summed E-state index contributed by atoms with van der Waals surface area (Å²) in [5, 5.41) is 34.7. The molecule has 1 saturated heterocycles. The first-order chi connectivity index (χ1) is 5.04.